The van der Waals surface area contributed by atoms with Crippen LogP contribution in [0.2, 0.25) is 0 Å². The molecule has 0 aromatic carbocycles. The fraction of sp³-hybridized carbons (Fsp3) is 0.500. The Labute approximate surface area is 104 Å². The summed E-state index contributed by atoms with van der Waals surface area (Å²) >= 11 is 0. The molecule has 4 N–H and O–H groups in total. The van der Waals surface area contributed by atoms with Gasteiger partial charge in [-0.2, -0.15) is 0 Å². The average molecular weight is 250 g/mol. The summed E-state index contributed by atoms with van der Waals surface area (Å²) in [6, 6.07) is 0.0388. The summed E-state index contributed by atoms with van der Waals surface area (Å²) < 4.78 is 0. The van der Waals surface area contributed by atoms with Crippen molar-refractivity contribution in [1.29, 1.82) is 0 Å². The number of nitrogens with one attached hydrogen (secondary N) is 3. The highest BCUT2D eigenvalue weighted by molar-refractivity contribution is 5.77. The maximum atomic E-state index is 11.5. The van der Waals surface area contributed by atoms with Crippen molar-refractivity contribution in [1.82, 2.24) is 20.3 Å². The molecule has 2 aromatic rings. The topological polar surface area (TPSA) is 93.8 Å². The van der Waals surface area contributed by atoms with Gasteiger partial charge in [0.25, 0.3) is 5.56 Å². The van der Waals surface area contributed by atoms with Gasteiger partial charge in [0.15, 0.2) is 0 Å². The van der Waals surface area contributed by atoms with Gasteiger partial charge in [0, 0.05) is 24.3 Å². The number of aromatic amines is 2. The van der Waals surface area contributed by atoms with Gasteiger partial charge in [0.2, 0.25) is 0 Å². The van der Waals surface area contributed by atoms with E-state index in [0.717, 1.165) is 5.56 Å². The van der Waals surface area contributed by atoms with Gasteiger partial charge in [-0.05, 0) is 5.92 Å². The van der Waals surface area contributed by atoms with Crippen LogP contribution in [0.3, 0.4) is 0 Å². The van der Waals surface area contributed by atoms with E-state index in [0.29, 0.717) is 23.5 Å². The highest BCUT2D eigenvalue weighted by atomic mass is 16.3. The fourth-order valence-electron chi connectivity index (χ4n) is 1.89. The van der Waals surface area contributed by atoms with Crippen LogP contribution in [0.5, 0.6) is 0 Å². The van der Waals surface area contributed by atoms with Crippen molar-refractivity contribution in [3.63, 3.8) is 0 Å². The molecule has 0 aliphatic rings. The summed E-state index contributed by atoms with van der Waals surface area (Å²) in [6.07, 6.45) is 3.17. The average Bonchev–Trinajstić information content (AvgIpc) is 2.74. The molecule has 2 heterocycles. The molecule has 0 spiro atoms. The molecule has 0 amide bonds. The lowest BCUT2D eigenvalue weighted by molar-refractivity contribution is 0.210. The second-order valence-corrected chi connectivity index (χ2v) is 4.68. The normalized spacial score (nSPS) is 13.3. The zero-order chi connectivity index (χ0) is 13.1. The molecule has 18 heavy (non-hydrogen) atoms. The quantitative estimate of drug-likeness (QED) is 0.616. The van der Waals surface area contributed by atoms with E-state index in [1.54, 1.807) is 6.20 Å². The molecule has 0 fully saturated rings. The molecule has 2 aromatic heterocycles. The number of aliphatic hydroxyl groups is 1. The van der Waals surface area contributed by atoms with Crippen LogP contribution < -0.4 is 10.9 Å². The van der Waals surface area contributed by atoms with Crippen molar-refractivity contribution in [2.24, 2.45) is 5.92 Å². The number of aliphatic hydroxyl groups excluding tert-OH is 1. The Morgan fingerprint density at radius 3 is 2.89 bits per heavy atom. The summed E-state index contributed by atoms with van der Waals surface area (Å²) in [5.41, 5.74) is 1.91. The Balaban J connectivity index is 2.18. The van der Waals surface area contributed by atoms with E-state index in [4.69, 9.17) is 0 Å². The molecule has 0 bridgehead atoms. The molecule has 6 heteroatoms. The first-order chi connectivity index (χ1) is 8.63. The Kier molecular flexibility index (Phi) is 3.78. The minimum Gasteiger partial charge on any atom is -0.395 e. The molecule has 0 radical (unpaired) electrons. The lowest BCUT2D eigenvalue weighted by atomic mass is 10.1. The fourth-order valence-corrected chi connectivity index (χ4v) is 1.89. The number of aromatic nitrogens is 3. The molecule has 6 nitrogen and oxygen atoms in total. The summed E-state index contributed by atoms with van der Waals surface area (Å²) in [6.45, 7) is 4.76. The summed E-state index contributed by atoms with van der Waals surface area (Å²) in [4.78, 5) is 21.1. The van der Waals surface area contributed by atoms with Gasteiger partial charge in [0.1, 0.15) is 5.52 Å². The van der Waals surface area contributed by atoms with Gasteiger partial charge >= 0.3 is 0 Å². The molecule has 0 saturated carbocycles. The van der Waals surface area contributed by atoms with E-state index < -0.39 is 0 Å². The lowest BCUT2D eigenvalue weighted by Gasteiger charge is -2.19. The molecule has 1 atom stereocenters. The van der Waals surface area contributed by atoms with Crippen LogP contribution in [0.25, 0.3) is 11.0 Å². The maximum absolute atomic E-state index is 11.5. The molecule has 2 rings (SSSR count). The third-order valence-electron chi connectivity index (χ3n) is 3.10. The molecule has 98 valence electrons. The molecule has 0 saturated heterocycles. The number of H-pyrrole nitrogens is 2. The van der Waals surface area contributed by atoms with Crippen molar-refractivity contribution in [2.45, 2.75) is 26.4 Å². The molecule has 1 unspecified atom stereocenters. The van der Waals surface area contributed by atoms with E-state index >= 15 is 0 Å². The number of fused-ring (bicyclic) bond motifs is 1. The number of rotatable bonds is 5. The van der Waals surface area contributed by atoms with Crippen LogP contribution in [-0.4, -0.2) is 32.7 Å². The monoisotopic (exact) mass is 250 g/mol. The predicted octanol–water partition coefficient (Wildman–Crippen LogP) is 0.358. The van der Waals surface area contributed by atoms with Crippen molar-refractivity contribution < 1.29 is 5.11 Å². The second-order valence-electron chi connectivity index (χ2n) is 4.68. The van der Waals surface area contributed by atoms with Gasteiger partial charge in [0.05, 0.1) is 18.5 Å². The van der Waals surface area contributed by atoms with E-state index in [2.05, 4.69) is 20.3 Å². The minimum atomic E-state index is -0.172. The van der Waals surface area contributed by atoms with Gasteiger partial charge in [-0.3, -0.25) is 4.79 Å². The lowest BCUT2D eigenvalue weighted by Crippen LogP contribution is -2.36. The number of hydrogen-bond donors (Lipinski definition) is 4. The Bertz CT molecular complexity index is 573. The predicted molar refractivity (Wildman–Crippen MR) is 69.3 cm³/mol. The van der Waals surface area contributed by atoms with Crippen LogP contribution in [0.15, 0.2) is 17.3 Å². The minimum absolute atomic E-state index is 0.0388. The Morgan fingerprint density at radius 1 is 1.44 bits per heavy atom. The second kappa shape index (κ2) is 5.32. The summed E-state index contributed by atoms with van der Waals surface area (Å²) in [7, 11) is 0. The van der Waals surface area contributed by atoms with Gasteiger partial charge < -0.3 is 20.4 Å². The van der Waals surface area contributed by atoms with Crippen molar-refractivity contribution in [3.05, 3.63) is 28.4 Å². The highest BCUT2D eigenvalue weighted by Crippen LogP contribution is 2.12. The number of nitrogens with zero attached hydrogens (tertiary/aromatic N) is 1. The third-order valence-corrected chi connectivity index (χ3v) is 3.10. The maximum Gasteiger partial charge on any atom is 0.275 e. The molecule has 0 aliphatic heterocycles. The van der Waals surface area contributed by atoms with E-state index in [1.165, 1.54) is 6.33 Å². The van der Waals surface area contributed by atoms with Gasteiger partial charge in [-0.15, -0.1) is 0 Å². The van der Waals surface area contributed by atoms with Crippen LogP contribution in [0, 0.1) is 5.92 Å². The Morgan fingerprint density at radius 2 is 2.22 bits per heavy atom. The molecule has 0 aliphatic carbocycles. The zero-order valence-corrected chi connectivity index (χ0v) is 10.5. The summed E-state index contributed by atoms with van der Waals surface area (Å²) in [5, 5.41) is 12.5. The smallest absolute Gasteiger partial charge is 0.275 e. The van der Waals surface area contributed by atoms with Gasteiger partial charge in [-0.25, -0.2) is 4.98 Å². The third kappa shape index (κ3) is 2.44. The van der Waals surface area contributed by atoms with Crippen molar-refractivity contribution in [2.75, 3.05) is 6.61 Å². The SMILES string of the molecule is CC(C)C(CO)NCc1c[nH]c2c(=O)[nH]cnc12. The largest absolute Gasteiger partial charge is 0.395 e. The van der Waals surface area contributed by atoms with Crippen LogP contribution >= 0.6 is 0 Å². The Hall–Kier alpha value is -1.66. The van der Waals surface area contributed by atoms with Gasteiger partial charge in [-0.1, -0.05) is 13.8 Å². The van der Waals surface area contributed by atoms with E-state index in [9.17, 15) is 9.90 Å². The first kappa shape index (κ1) is 12.8. The molecular formula is C12H18N4O2. The van der Waals surface area contributed by atoms with E-state index in [1.807, 2.05) is 13.8 Å². The first-order valence-electron chi connectivity index (χ1n) is 6.01. The number of hydrogen-bond acceptors (Lipinski definition) is 4. The summed E-state index contributed by atoms with van der Waals surface area (Å²) in [5.74, 6) is 0.344. The van der Waals surface area contributed by atoms with Crippen molar-refractivity contribution >= 4 is 11.0 Å². The van der Waals surface area contributed by atoms with Crippen LogP contribution in [0.4, 0.5) is 0 Å². The highest BCUT2D eigenvalue weighted by Gasteiger charge is 2.13. The zero-order valence-electron chi connectivity index (χ0n) is 10.5. The van der Waals surface area contributed by atoms with Crippen molar-refractivity contribution in [3.8, 4) is 0 Å². The van der Waals surface area contributed by atoms with E-state index in [-0.39, 0.29) is 18.2 Å². The van der Waals surface area contributed by atoms with Crippen LogP contribution in [-0.2, 0) is 6.54 Å². The van der Waals surface area contributed by atoms with Crippen LogP contribution in [0.1, 0.15) is 19.4 Å². The first-order valence-corrected chi connectivity index (χ1v) is 6.01. The standard InChI is InChI=1S/C12H18N4O2/c1-7(2)9(5-17)13-3-8-4-14-11-10(8)15-6-16-12(11)18/h4,6-7,9,13-14,17H,3,5H2,1-2H3,(H,15,16,18). The molecular weight excluding hydrogens is 232 g/mol.